The minimum atomic E-state index is -0.174. The molecule has 2 heterocycles. The Balaban J connectivity index is 1.70. The quantitative estimate of drug-likeness (QED) is 0.910. The number of amides is 1. The SMILES string of the molecule is Cc1ccnc(NC(=O)C2COc3ccccc3C2)c1. The summed E-state index contributed by atoms with van der Waals surface area (Å²) in [5, 5.41) is 2.85. The van der Waals surface area contributed by atoms with E-state index >= 15 is 0 Å². The zero-order valence-corrected chi connectivity index (χ0v) is 11.3. The molecule has 1 aromatic carbocycles. The number of pyridine rings is 1. The van der Waals surface area contributed by atoms with Gasteiger partial charge >= 0.3 is 0 Å². The number of rotatable bonds is 2. The second-order valence-corrected chi connectivity index (χ2v) is 5.03. The van der Waals surface area contributed by atoms with Crippen LogP contribution in [0, 0.1) is 12.8 Å². The monoisotopic (exact) mass is 268 g/mol. The summed E-state index contributed by atoms with van der Waals surface area (Å²) in [7, 11) is 0. The minimum absolute atomic E-state index is 0.0439. The van der Waals surface area contributed by atoms with E-state index in [0.29, 0.717) is 18.8 Å². The van der Waals surface area contributed by atoms with Gasteiger partial charge < -0.3 is 10.1 Å². The van der Waals surface area contributed by atoms with Crippen molar-refractivity contribution < 1.29 is 9.53 Å². The molecule has 0 bridgehead atoms. The molecule has 1 aromatic heterocycles. The van der Waals surface area contributed by atoms with Crippen molar-refractivity contribution in [3.05, 3.63) is 53.7 Å². The molecule has 0 spiro atoms. The number of para-hydroxylation sites is 1. The summed E-state index contributed by atoms with van der Waals surface area (Å²) in [6.07, 6.45) is 2.39. The number of nitrogens with zero attached hydrogens (tertiary/aromatic N) is 1. The molecule has 3 rings (SSSR count). The number of ether oxygens (including phenoxy) is 1. The van der Waals surface area contributed by atoms with Gasteiger partial charge in [0.15, 0.2) is 0 Å². The predicted octanol–water partition coefficient (Wildman–Crippen LogP) is 2.58. The fraction of sp³-hybridized carbons (Fsp3) is 0.250. The average molecular weight is 268 g/mol. The molecule has 1 atom stereocenters. The second kappa shape index (κ2) is 5.33. The molecule has 0 aliphatic carbocycles. The van der Waals surface area contributed by atoms with Gasteiger partial charge in [-0.2, -0.15) is 0 Å². The summed E-state index contributed by atoms with van der Waals surface area (Å²) in [6, 6.07) is 11.6. The first kappa shape index (κ1) is 12.7. The van der Waals surface area contributed by atoms with E-state index in [1.54, 1.807) is 6.20 Å². The molecule has 1 N–H and O–H groups in total. The standard InChI is InChI=1S/C16H16N2O2/c1-11-6-7-17-15(8-11)18-16(19)13-9-12-4-2-3-5-14(12)20-10-13/h2-8,13H,9-10H2,1H3,(H,17,18,19). The first-order valence-electron chi connectivity index (χ1n) is 6.66. The lowest BCUT2D eigenvalue weighted by Gasteiger charge is -2.24. The summed E-state index contributed by atoms with van der Waals surface area (Å²) in [4.78, 5) is 16.4. The molecule has 4 nitrogen and oxygen atoms in total. The van der Waals surface area contributed by atoms with Crippen LogP contribution in [0.25, 0.3) is 0 Å². The summed E-state index contributed by atoms with van der Waals surface area (Å²) in [6.45, 7) is 2.38. The smallest absolute Gasteiger partial charge is 0.232 e. The van der Waals surface area contributed by atoms with Crippen molar-refractivity contribution in [2.75, 3.05) is 11.9 Å². The summed E-state index contributed by atoms with van der Waals surface area (Å²) < 4.78 is 5.64. The third kappa shape index (κ3) is 2.64. The van der Waals surface area contributed by atoms with Crippen molar-refractivity contribution in [2.24, 2.45) is 5.92 Å². The van der Waals surface area contributed by atoms with Crippen LogP contribution >= 0.6 is 0 Å². The Kier molecular flexibility index (Phi) is 3.37. The zero-order valence-electron chi connectivity index (χ0n) is 11.3. The summed E-state index contributed by atoms with van der Waals surface area (Å²) >= 11 is 0. The highest BCUT2D eigenvalue weighted by Crippen LogP contribution is 2.27. The Labute approximate surface area is 117 Å². The maximum absolute atomic E-state index is 12.3. The number of aryl methyl sites for hydroxylation is 1. The lowest BCUT2D eigenvalue weighted by molar-refractivity contribution is -0.121. The Bertz CT molecular complexity index is 640. The predicted molar refractivity (Wildman–Crippen MR) is 76.7 cm³/mol. The Hall–Kier alpha value is -2.36. The average Bonchev–Trinajstić information content (AvgIpc) is 2.47. The Morgan fingerprint density at radius 2 is 2.20 bits per heavy atom. The van der Waals surface area contributed by atoms with E-state index in [9.17, 15) is 4.79 Å². The number of fused-ring (bicyclic) bond motifs is 1. The topological polar surface area (TPSA) is 51.2 Å². The number of nitrogens with one attached hydrogen (secondary N) is 1. The van der Waals surface area contributed by atoms with Crippen molar-refractivity contribution in [2.45, 2.75) is 13.3 Å². The van der Waals surface area contributed by atoms with Crippen LogP contribution in [0.1, 0.15) is 11.1 Å². The highest BCUT2D eigenvalue weighted by Gasteiger charge is 2.25. The number of aromatic nitrogens is 1. The van der Waals surface area contributed by atoms with Gasteiger partial charge in [-0.05, 0) is 42.7 Å². The molecule has 102 valence electrons. The molecule has 4 heteroatoms. The fourth-order valence-electron chi connectivity index (χ4n) is 2.33. The molecule has 0 fully saturated rings. The lowest BCUT2D eigenvalue weighted by Crippen LogP contribution is -2.32. The highest BCUT2D eigenvalue weighted by atomic mass is 16.5. The molecular weight excluding hydrogens is 252 g/mol. The van der Waals surface area contributed by atoms with Gasteiger partial charge in [-0.1, -0.05) is 18.2 Å². The lowest BCUT2D eigenvalue weighted by atomic mass is 9.96. The van der Waals surface area contributed by atoms with Crippen molar-refractivity contribution in [1.29, 1.82) is 0 Å². The van der Waals surface area contributed by atoms with Gasteiger partial charge in [0, 0.05) is 6.20 Å². The number of carbonyl (C=O) groups is 1. The maximum atomic E-state index is 12.3. The molecule has 1 amide bonds. The van der Waals surface area contributed by atoms with E-state index < -0.39 is 0 Å². The largest absolute Gasteiger partial charge is 0.492 e. The molecule has 1 aliphatic heterocycles. The van der Waals surface area contributed by atoms with E-state index in [4.69, 9.17) is 4.74 Å². The number of carbonyl (C=O) groups excluding carboxylic acids is 1. The maximum Gasteiger partial charge on any atom is 0.232 e. The molecule has 20 heavy (non-hydrogen) atoms. The van der Waals surface area contributed by atoms with Crippen LogP contribution in [0.5, 0.6) is 5.75 Å². The van der Waals surface area contributed by atoms with Crippen LogP contribution in [0.15, 0.2) is 42.6 Å². The Morgan fingerprint density at radius 3 is 3.05 bits per heavy atom. The van der Waals surface area contributed by atoms with Gasteiger partial charge in [-0.3, -0.25) is 4.79 Å². The van der Waals surface area contributed by atoms with E-state index in [1.807, 2.05) is 43.3 Å². The van der Waals surface area contributed by atoms with Crippen molar-refractivity contribution in [3.63, 3.8) is 0 Å². The Morgan fingerprint density at radius 1 is 1.35 bits per heavy atom. The van der Waals surface area contributed by atoms with Gasteiger partial charge in [-0.25, -0.2) is 4.98 Å². The van der Waals surface area contributed by atoms with Crippen LogP contribution in [0.2, 0.25) is 0 Å². The summed E-state index contributed by atoms with van der Waals surface area (Å²) in [5.74, 6) is 1.25. The second-order valence-electron chi connectivity index (χ2n) is 5.03. The van der Waals surface area contributed by atoms with Gasteiger partial charge in [-0.15, -0.1) is 0 Å². The molecule has 1 unspecified atom stereocenters. The van der Waals surface area contributed by atoms with Gasteiger partial charge in [0.25, 0.3) is 0 Å². The third-order valence-electron chi connectivity index (χ3n) is 3.42. The first-order valence-corrected chi connectivity index (χ1v) is 6.66. The normalized spacial score (nSPS) is 16.9. The number of anilines is 1. The first-order chi connectivity index (χ1) is 9.72. The molecule has 0 saturated carbocycles. The van der Waals surface area contributed by atoms with E-state index in [1.165, 1.54) is 0 Å². The van der Waals surface area contributed by atoms with Gasteiger partial charge in [0.1, 0.15) is 18.2 Å². The molecular formula is C16H16N2O2. The van der Waals surface area contributed by atoms with Crippen LogP contribution < -0.4 is 10.1 Å². The minimum Gasteiger partial charge on any atom is -0.492 e. The molecule has 1 aliphatic rings. The van der Waals surface area contributed by atoms with Crippen LogP contribution in [-0.2, 0) is 11.2 Å². The van der Waals surface area contributed by atoms with E-state index in [-0.39, 0.29) is 11.8 Å². The molecule has 0 saturated heterocycles. The fourth-order valence-corrected chi connectivity index (χ4v) is 2.33. The van der Waals surface area contributed by atoms with Gasteiger partial charge in [0.2, 0.25) is 5.91 Å². The van der Waals surface area contributed by atoms with E-state index in [0.717, 1.165) is 16.9 Å². The zero-order chi connectivity index (χ0) is 13.9. The molecule has 0 radical (unpaired) electrons. The number of benzene rings is 1. The summed E-state index contributed by atoms with van der Waals surface area (Å²) in [5.41, 5.74) is 2.15. The van der Waals surface area contributed by atoms with Crippen LogP contribution in [-0.4, -0.2) is 17.5 Å². The van der Waals surface area contributed by atoms with Crippen molar-refractivity contribution in [3.8, 4) is 5.75 Å². The molecule has 2 aromatic rings. The van der Waals surface area contributed by atoms with Gasteiger partial charge in [0.05, 0.1) is 5.92 Å². The number of hydrogen-bond donors (Lipinski definition) is 1. The van der Waals surface area contributed by atoms with Crippen LogP contribution in [0.3, 0.4) is 0 Å². The number of hydrogen-bond acceptors (Lipinski definition) is 3. The highest BCUT2D eigenvalue weighted by molar-refractivity contribution is 5.92. The van der Waals surface area contributed by atoms with E-state index in [2.05, 4.69) is 10.3 Å². The third-order valence-corrected chi connectivity index (χ3v) is 3.42. The van der Waals surface area contributed by atoms with Crippen LogP contribution in [0.4, 0.5) is 5.82 Å². The van der Waals surface area contributed by atoms with Crippen molar-refractivity contribution in [1.82, 2.24) is 4.98 Å². The van der Waals surface area contributed by atoms with Crippen molar-refractivity contribution >= 4 is 11.7 Å².